The van der Waals surface area contributed by atoms with E-state index in [0.717, 1.165) is 0 Å². The first-order valence-electron chi connectivity index (χ1n) is 5.61. The molecule has 2 heteroatoms. The highest BCUT2D eigenvalue weighted by atomic mass is 32.1. The average molecular weight is 211 g/mol. The lowest BCUT2D eigenvalue weighted by molar-refractivity contribution is 0.524. The number of hydrogen-bond acceptors (Lipinski definition) is 2. The summed E-state index contributed by atoms with van der Waals surface area (Å²) in [6.07, 6.45) is 7.36. The van der Waals surface area contributed by atoms with E-state index in [1.807, 2.05) is 11.3 Å². The zero-order chi connectivity index (χ0) is 10.2. The Balaban J connectivity index is 2.03. The molecule has 0 saturated carbocycles. The number of rotatable bonds is 7. The summed E-state index contributed by atoms with van der Waals surface area (Å²) < 4.78 is 0. The standard InChI is InChI=1S/C12H21NS/c1-2-3-6-11(13)7-4-8-12-9-5-10-14-12/h5,9-11H,2-4,6-8,13H2,1H3. The molecule has 0 aromatic carbocycles. The maximum absolute atomic E-state index is 6.00. The van der Waals surface area contributed by atoms with Crippen LogP contribution in [-0.2, 0) is 6.42 Å². The average Bonchev–Trinajstić information content (AvgIpc) is 2.67. The van der Waals surface area contributed by atoms with Crippen molar-refractivity contribution in [2.45, 2.75) is 51.5 Å². The van der Waals surface area contributed by atoms with Crippen molar-refractivity contribution in [3.05, 3.63) is 22.4 Å². The van der Waals surface area contributed by atoms with E-state index in [1.165, 1.54) is 43.4 Å². The van der Waals surface area contributed by atoms with Crippen LogP contribution in [0.15, 0.2) is 17.5 Å². The summed E-state index contributed by atoms with van der Waals surface area (Å²) in [4.78, 5) is 1.49. The van der Waals surface area contributed by atoms with E-state index in [4.69, 9.17) is 5.73 Å². The van der Waals surface area contributed by atoms with Gasteiger partial charge in [-0.15, -0.1) is 11.3 Å². The molecule has 2 N–H and O–H groups in total. The van der Waals surface area contributed by atoms with Crippen LogP contribution in [0.5, 0.6) is 0 Å². The third-order valence-corrected chi connectivity index (χ3v) is 3.44. The molecule has 0 bridgehead atoms. The topological polar surface area (TPSA) is 26.0 Å². The van der Waals surface area contributed by atoms with E-state index < -0.39 is 0 Å². The van der Waals surface area contributed by atoms with Crippen molar-refractivity contribution < 1.29 is 0 Å². The van der Waals surface area contributed by atoms with Crippen LogP contribution in [0.2, 0.25) is 0 Å². The van der Waals surface area contributed by atoms with Crippen molar-refractivity contribution in [1.29, 1.82) is 0 Å². The van der Waals surface area contributed by atoms with Gasteiger partial charge in [0.2, 0.25) is 0 Å². The van der Waals surface area contributed by atoms with E-state index >= 15 is 0 Å². The SMILES string of the molecule is CCCCC(N)CCCc1cccs1. The summed E-state index contributed by atoms with van der Waals surface area (Å²) in [5.74, 6) is 0. The van der Waals surface area contributed by atoms with Gasteiger partial charge in [-0.2, -0.15) is 0 Å². The molecule has 0 spiro atoms. The van der Waals surface area contributed by atoms with Crippen molar-refractivity contribution in [3.8, 4) is 0 Å². The van der Waals surface area contributed by atoms with Gasteiger partial charge in [-0.25, -0.2) is 0 Å². The highest BCUT2D eigenvalue weighted by Crippen LogP contribution is 2.13. The van der Waals surface area contributed by atoms with Crippen LogP contribution >= 0.6 is 11.3 Å². The van der Waals surface area contributed by atoms with Crippen molar-refractivity contribution in [2.75, 3.05) is 0 Å². The van der Waals surface area contributed by atoms with E-state index in [1.54, 1.807) is 0 Å². The zero-order valence-electron chi connectivity index (χ0n) is 9.04. The van der Waals surface area contributed by atoms with Crippen molar-refractivity contribution in [3.63, 3.8) is 0 Å². The minimum absolute atomic E-state index is 0.426. The number of hydrogen-bond donors (Lipinski definition) is 1. The molecule has 1 aromatic heterocycles. The fraction of sp³-hybridized carbons (Fsp3) is 0.667. The van der Waals surface area contributed by atoms with Crippen LogP contribution in [0.1, 0.15) is 43.9 Å². The highest BCUT2D eigenvalue weighted by Gasteiger charge is 2.02. The molecule has 1 atom stereocenters. The van der Waals surface area contributed by atoms with Crippen LogP contribution in [0.25, 0.3) is 0 Å². The molecule has 1 rings (SSSR count). The highest BCUT2D eigenvalue weighted by molar-refractivity contribution is 7.09. The van der Waals surface area contributed by atoms with E-state index in [-0.39, 0.29) is 0 Å². The Hall–Kier alpha value is -0.340. The lowest BCUT2D eigenvalue weighted by Crippen LogP contribution is -2.19. The molecule has 0 aliphatic heterocycles. The maximum Gasteiger partial charge on any atom is 0.00452 e. The summed E-state index contributed by atoms with van der Waals surface area (Å²) in [6.45, 7) is 2.22. The van der Waals surface area contributed by atoms with Crippen molar-refractivity contribution in [1.82, 2.24) is 0 Å². The number of nitrogens with two attached hydrogens (primary N) is 1. The van der Waals surface area contributed by atoms with E-state index in [0.29, 0.717) is 6.04 Å². The second kappa shape index (κ2) is 7.02. The van der Waals surface area contributed by atoms with Crippen molar-refractivity contribution >= 4 is 11.3 Å². The minimum Gasteiger partial charge on any atom is -0.328 e. The Morgan fingerprint density at radius 2 is 2.14 bits per heavy atom. The number of unbranched alkanes of at least 4 members (excludes halogenated alkanes) is 1. The van der Waals surface area contributed by atoms with Gasteiger partial charge in [0.05, 0.1) is 0 Å². The molecule has 80 valence electrons. The quantitative estimate of drug-likeness (QED) is 0.733. The first-order chi connectivity index (χ1) is 6.83. The molecule has 1 aromatic rings. The molecule has 1 heterocycles. The van der Waals surface area contributed by atoms with Gasteiger partial charge in [-0.1, -0.05) is 25.8 Å². The lowest BCUT2D eigenvalue weighted by atomic mass is 10.0. The van der Waals surface area contributed by atoms with Crippen LogP contribution in [0.3, 0.4) is 0 Å². The minimum atomic E-state index is 0.426. The van der Waals surface area contributed by atoms with Gasteiger partial charge in [-0.3, -0.25) is 0 Å². The molecule has 0 aliphatic rings. The second-order valence-electron chi connectivity index (χ2n) is 3.87. The second-order valence-corrected chi connectivity index (χ2v) is 4.91. The molecular formula is C12H21NS. The predicted molar refractivity (Wildman–Crippen MR) is 64.8 cm³/mol. The largest absolute Gasteiger partial charge is 0.328 e. The van der Waals surface area contributed by atoms with Crippen molar-refractivity contribution in [2.24, 2.45) is 5.73 Å². The monoisotopic (exact) mass is 211 g/mol. The van der Waals surface area contributed by atoms with Gasteiger partial charge in [0.1, 0.15) is 0 Å². The Bertz CT molecular complexity index is 218. The molecule has 0 amide bonds. The Morgan fingerprint density at radius 3 is 2.79 bits per heavy atom. The predicted octanol–water partition coefficient (Wildman–Crippen LogP) is 3.59. The van der Waals surface area contributed by atoms with E-state index in [9.17, 15) is 0 Å². The summed E-state index contributed by atoms with van der Waals surface area (Å²) in [5, 5.41) is 2.15. The van der Waals surface area contributed by atoms with E-state index in [2.05, 4.69) is 24.4 Å². The number of aryl methyl sites for hydroxylation is 1. The molecule has 1 unspecified atom stereocenters. The van der Waals surface area contributed by atoms with Crippen LogP contribution in [0, 0.1) is 0 Å². The van der Waals surface area contributed by atoms with Gasteiger partial charge >= 0.3 is 0 Å². The molecule has 0 fully saturated rings. The van der Waals surface area contributed by atoms with Gasteiger partial charge in [-0.05, 0) is 37.1 Å². The fourth-order valence-corrected chi connectivity index (χ4v) is 2.36. The Kier molecular flexibility index (Phi) is 5.88. The lowest BCUT2D eigenvalue weighted by Gasteiger charge is -2.09. The molecular weight excluding hydrogens is 190 g/mol. The van der Waals surface area contributed by atoms with Gasteiger partial charge in [0.25, 0.3) is 0 Å². The van der Waals surface area contributed by atoms with Crippen LogP contribution in [-0.4, -0.2) is 6.04 Å². The summed E-state index contributed by atoms with van der Waals surface area (Å²) in [5.41, 5.74) is 6.00. The first kappa shape index (κ1) is 11.7. The molecule has 0 aliphatic carbocycles. The Morgan fingerprint density at radius 1 is 1.36 bits per heavy atom. The molecule has 14 heavy (non-hydrogen) atoms. The molecule has 0 radical (unpaired) electrons. The van der Waals surface area contributed by atoms with Crippen LogP contribution < -0.4 is 5.73 Å². The zero-order valence-corrected chi connectivity index (χ0v) is 9.85. The van der Waals surface area contributed by atoms with Gasteiger partial charge in [0, 0.05) is 10.9 Å². The Labute approximate surface area is 91.3 Å². The van der Waals surface area contributed by atoms with Gasteiger partial charge in [0.15, 0.2) is 0 Å². The summed E-state index contributed by atoms with van der Waals surface area (Å²) in [7, 11) is 0. The molecule has 0 saturated heterocycles. The normalized spacial score (nSPS) is 13.0. The third-order valence-electron chi connectivity index (χ3n) is 2.51. The maximum atomic E-state index is 6.00. The smallest absolute Gasteiger partial charge is 0.00452 e. The van der Waals surface area contributed by atoms with Crippen LogP contribution in [0.4, 0.5) is 0 Å². The first-order valence-corrected chi connectivity index (χ1v) is 6.49. The fourth-order valence-electron chi connectivity index (χ4n) is 1.60. The number of thiophene rings is 1. The van der Waals surface area contributed by atoms with Gasteiger partial charge < -0.3 is 5.73 Å². The molecule has 1 nitrogen and oxygen atoms in total. The summed E-state index contributed by atoms with van der Waals surface area (Å²) in [6, 6.07) is 4.76. The summed E-state index contributed by atoms with van der Waals surface area (Å²) >= 11 is 1.85. The third kappa shape index (κ3) is 4.77.